The van der Waals surface area contributed by atoms with Gasteiger partial charge in [0.25, 0.3) is 0 Å². The molecule has 1 saturated heterocycles. The molecule has 0 saturated carbocycles. The molecule has 0 spiro atoms. The molecule has 0 atom stereocenters. The van der Waals surface area contributed by atoms with Crippen LogP contribution in [0, 0.1) is 0 Å². The molecule has 3 N–H and O–H groups in total. The second-order valence-corrected chi connectivity index (χ2v) is 8.44. The van der Waals surface area contributed by atoms with Gasteiger partial charge in [0.05, 0.1) is 33.3 Å². The minimum atomic E-state index is -1.00. The standard InChI is InChI=1S/C23H34N4O8/c1-35-19-4-2-18(3-5-19)20(28)14-24-6-8-25(15-21(29)30)10-12-27(17-23(33)34)13-11-26(9-7-24)16-22(31)32/h2-5H,6-17H2,1H3,(H,29,30)(H,31,32)(H,33,34). The summed E-state index contributed by atoms with van der Waals surface area (Å²) in [5.41, 5.74) is 0.519. The summed E-state index contributed by atoms with van der Waals surface area (Å²) >= 11 is 0. The molecule has 0 bridgehead atoms. The summed E-state index contributed by atoms with van der Waals surface area (Å²) in [4.78, 5) is 53.9. The maximum atomic E-state index is 12.9. The molecule has 0 amide bonds. The van der Waals surface area contributed by atoms with Crippen molar-refractivity contribution in [1.82, 2.24) is 19.6 Å². The summed E-state index contributed by atoms with van der Waals surface area (Å²) in [6.07, 6.45) is 0. The van der Waals surface area contributed by atoms with Gasteiger partial charge in [-0.1, -0.05) is 0 Å². The highest BCUT2D eigenvalue weighted by Crippen LogP contribution is 2.12. The number of ketones is 1. The molecule has 0 radical (unpaired) electrons. The van der Waals surface area contributed by atoms with Crippen LogP contribution in [-0.2, 0) is 14.4 Å². The summed E-state index contributed by atoms with van der Waals surface area (Å²) in [6, 6.07) is 6.77. The molecule has 35 heavy (non-hydrogen) atoms. The highest BCUT2D eigenvalue weighted by atomic mass is 16.5. The predicted molar refractivity (Wildman–Crippen MR) is 126 cm³/mol. The zero-order chi connectivity index (χ0) is 25.8. The van der Waals surface area contributed by atoms with Gasteiger partial charge in [-0.05, 0) is 24.3 Å². The monoisotopic (exact) mass is 494 g/mol. The molecule has 1 fully saturated rings. The molecule has 0 aromatic heterocycles. The number of carbonyl (C=O) groups is 4. The first kappa shape index (κ1) is 28.2. The summed E-state index contributed by atoms with van der Waals surface area (Å²) in [7, 11) is 1.54. The van der Waals surface area contributed by atoms with Crippen molar-refractivity contribution in [3.8, 4) is 5.75 Å². The largest absolute Gasteiger partial charge is 0.497 e. The number of hydrogen-bond donors (Lipinski definition) is 3. The minimum Gasteiger partial charge on any atom is -0.497 e. The van der Waals surface area contributed by atoms with E-state index in [2.05, 4.69) is 0 Å². The van der Waals surface area contributed by atoms with Crippen molar-refractivity contribution in [2.24, 2.45) is 0 Å². The molecular formula is C23H34N4O8. The molecule has 2 rings (SSSR count). The van der Waals surface area contributed by atoms with Crippen molar-refractivity contribution >= 4 is 23.7 Å². The van der Waals surface area contributed by atoms with Gasteiger partial charge >= 0.3 is 17.9 Å². The zero-order valence-electron chi connectivity index (χ0n) is 20.0. The smallest absolute Gasteiger partial charge is 0.317 e. The maximum absolute atomic E-state index is 12.9. The lowest BCUT2D eigenvalue weighted by atomic mass is 10.1. The number of carboxylic acid groups (broad SMARTS) is 3. The zero-order valence-corrected chi connectivity index (χ0v) is 20.0. The van der Waals surface area contributed by atoms with Gasteiger partial charge in [-0.3, -0.25) is 38.8 Å². The van der Waals surface area contributed by atoms with Gasteiger partial charge in [0, 0.05) is 57.9 Å². The Bertz CT molecular complexity index is 832. The number of carboxylic acids is 3. The molecule has 1 aromatic rings. The van der Waals surface area contributed by atoms with Crippen LogP contribution in [0.3, 0.4) is 0 Å². The average molecular weight is 495 g/mol. The summed E-state index contributed by atoms with van der Waals surface area (Å²) in [5.74, 6) is -2.46. The normalized spacial score (nSPS) is 17.7. The fourth-order valence-electron chi connectivity index (χ4n) is 3.86. The average Bonchev–Trinajstić information content (AvgIpc) is 2.79. The Morgan fingerprint density at radius 2 is 0.943 bits per heavy atom. The quantitative estimate of drug-likeness (QED) is 0.355. The molecular weight excluding hydrogens is 460 g/mol. The van der Waals surface area contributed by atoms with Crippen LogP contribution in [0.2, 0.25) is 0 Å². The summed E-state index contributed by atoms with van der Waals surface area (Å²) in [5, 5.41) is 27.8. The number of nitrogens with zero attached hydrogens (tertiary/aromatic N) is 4. The minimum absolute atomic E-state index is 0.0965. The lowest BCUT2D eigenvalue weighted by Crippen LogP contribution is -2.49. The topological polar surface area (TPSA) is 151 Å². The third-order valence-corrected chi connectivity index (χ3v) is 5.79. The highest BCUT2D eigenvalue weighted by molar-refractivity contribution is 5.97. The van der Waals surface area contributed by atoms with Gasteiger partial charge in [-0.2, -0.15) is 0 Å². The van der Waals surface area contributed by atoms with E-state index in [1.165, 1.54) is 0 Å². The van der Waals surface area contributed by atoms with E-state index in [1.54, 1.807) is 46.1 Å². The number of benzene rings is 1. The summed E-state index contributed by atoms with van der Waals surface area (Å²) < 4.78 is 5.13. The molecule has 12 heteroatoms. The first-order valence-electron chi connectivity index (χ1n) is 11.4. The molecule has 12 nitrogen and oxygen atoms in total. The van der Waals surface area contributed by atoms with Crippen molar-refractivity contribution < 1.29 is 39.2 Å². The molecule has 1 aliphatic heterocycles. The molecule has 0 aliphatic carbocycles. The van der Waals surface area contributed by atoms with Crippen molar-refractivity contribution in [2.75, 3.05) is 85.6 Å². The molecule has 194 valence electrons. The Labute approximate surface area is 204 Å². The van der Waals surface area contributed by atoms with Crippen LogP contribution in [-0.4, -0.2) is 144 Å². The van der Waals surface area contributed by atoms with Gasteiger partial charge < -0.3 is 20.1 Å². The number of aliphatic carboxylic acids is 3. The lowest BCUT2D eigenvalue weighted by molar-refractivity contribution is -0.140. The van der Waals surface area contributed by atoms with E-state index in [9.17, 15) is 34.5 Å². The fourth-order valence-corrected chi connectivity index (χ4v) is 3.86. The van der Waals surface area contributed by atoms with Gasteiger partial charge in [-0.25, -0.2) is 0 Å². The van der Waals surface area contributed by atoms with Crippen LogP contribution in [0.25, 0.3) is 0 Å². The first-order chi connectivity index (χ1) is 16.7. The van der Waals surface area contributed by atoms with Crippen molar-refractivity contribution in [2.45, 2.75) is 0 Å². The highest BCUT2D eigenvalue weighted by Gasteiger charge is 2.21. The van der Waals surface area contributed by atoms with Crippen LogP contribution in [0.1, 0.15) is 10.4 Å². The number of rotatable bonds is 10. The van der Waals surface area contributed by atoms with E-state index in [1.807, 2.05) is 4.90 Å². The number of carbonyl (C=O) groups excluding carboxylic acids is 1. The number of hydrogen-bond acceptors (Lipinski definition) is 9. The Hall–Kier alpha value is -3.06. The Morgan fingerprint density at radius 3 is 1.23 bits per heavy atom. The van der Waals surface area contributed by atoms with Gasteiger partial charge in [-0.15, -0.1) is 0 Å². The van der Waals surface area contributed by atoms with Crippen LogP contribution in [0.5, 0.6) is 5.75 Å². The Morgan fingerprint density at radius 1 is 0.629 bits per heavy atom. The third kappa shape index (κ3) is 10.8. The van der Waals surface area contributed by atoms with E-state index in [0.717, 1.165) is 0 Å². The van der Waals surface area contributed by atoms with E-state index >= 15 is 0 Å². The van der Waals surface area contributed by atoms with Crippen molar-refractivity contribution in [3.05, 3.63) is 29.8 Å². The second-order valence-electron chi connectivity index (χ2n) is 8.44. The molecule has 1 heterocycles. The van der Waals surface area contributed by atoms with Crippen LogP contribution in [0.15, 0.2) is 24.3 Å². The van der Waals surface area contributed by atoms with Gasteiger partial charge in [0.1, 0.15) is 5.75 Å². The number of ether oxygens (including phenoxy) is 1. The van der Waals surface area contributed by atoms with E-state index in [4.69, 9.17) is 4.74 Å². The third-order valence-electron chi connectivity index (χ3n) is 5.79. The number of methoxy groups -OCH3 is 1. The second kappa shape index (κ2) is 14.4. The Balaban J connectivity index is 2.16. The molecule has 1 aromatic carbocycles. The van der Waals surface area contributed by atoms with E-state index in [-0.39, 0.29) is 32.0 Å². The predicted octanol–water partition coefficient (Wildman–Crippen LogP) is -0.647. The van der Waals surface area contributed by atoms with Gasteiger partial charge in [0.2, 0.25) is 0 Å². The first-order valence-corrected chi connectivity index (χ1v) is 11.4. The van der Waals surface area contributed by atoms with E-state index in [0.29, 0.717) is 63.7 Å². The SMILES string of the molecule is COc1ccc(C(=O)CN2CCN(CC(=O)O)CCN(CC(=O)O)CCN(CC(=O)O)CC2)cc1. The molecule has 0 unspecified atom stereocenters. The van der Waals surface area contributed by atoms with Crippen LogP contribution >= 0.6 is 0 Å². The lowest BCUT2D eigenvalue weighted by Gasteiger charge is -2.32. The van der Waals surface area contributed by atoms with Crippen LogP contribution < -0.4 is 4.74 Å². The molecule has 1 aliphatic rings. The van der Waals surface area contributed by atoms with Crippen LogP contribution in [0.4, 0.5) is 0 Å². The van der Waals surface area contributed by atoms with Crippen molar-refractivity contribution in [3.63, 3.8) is 0 Å². The summed E-state index contributed by atoms with van der Waals surface area (Å²) in [6.45, 7) is 2.31. The van der Waals surface area contributed by atoms with E-state index < -0.39 is 17.9 Å². The Kier molecular flexibility index (Phi) is 11.6. The fraction of sp³-hybridized carbons (Fsp3) is 0.565. The van der Waals surface area contributed by atoms with Crippen molar-refractivity contribution in [1.29, 1.82) is 0 Å². The number of Topliss-reactive ketones (excluding diaryl/α,β-unsaturated/α-hetero) is 1. The van der Waals surface area contributed by atoms with Gasteiger partial charge in [0.15, 0.2) is 5.78 Å². The maximum Gasteiger partial charge on any atom is 0.317 e.